The van der Waals surface area contributed by atoms with E-state index in [0.29, 0.717) is 16.6 Å². The number of nitrogens with zero attached hydrogens (tertiary/aromatic N) is 1. The Morgan fingerprint density at radius 1 is 1.00 bits per heavy atom. The van der Waals surface area contributed by atoms with Gasteiger partial charge < -0.3 is 4.23 Å². The van der Waals surface area contributed by atoms with Gasteiger partial charge in [-0.15, -0.1) is 0 Å². The average Bonchev–Trinajstić information content (AvgIpc) is 2.51. The molecule has 0 radical (unpaired) electrons. The normalized spacial score (nSPS) is 13.1. The van der Waals surface area contributed by atoms with Crippen LogP contribution < -0.4 is 0 Å². The second-order valence-electron chi connectivity index (χ2n) is 5.55. The summed E-state index contributed by atoms with van der Waals surface area (Å²) >= 11 is 6.35. The Labute approximate surface area is 106 Å². The summed E-state index contributed by atoms with van der Waals surface area (Å²) in [5, 5.41) is 0.905. The molecule has 92 valence electrons. The van der Waals surface area contributed by atoms with Gasteiger partial charge in [-0.2, -0.15) is 0 Å². The van der Waals surface area contributed by atoms with Crippen LogP contribution in [0.4, 0.5) is 0 Å². The van der Waals surface area contributed by atoms with Crippen LogP contribution in [0, 0.1) is 0 Å². The van der Waals surface area contributed by atoms with Crippen molar-refractivity contribution < 1.29 is 0 Å². The van der Waals surface area contributed by atoms with Gasteiger partial charge in [0.1, 0.15) is 5.15 Å². The fourth-order valence-electron chi connectivity index (χ4n) is 3.51. The Balaban J connectivity index is 3.39. The molecule has 0 N–H and O–H groups in total. The highest BCUT2D eigenvalue weighted by Gasteiger charge is 2.45. The molecule has 3 heteroatoms. The van der Waals surface area contributed by atoms with Gasteiger partial charge in [0.15, 0.2) is 8.24 Å². The van der Waals surface area contributed by atoms with Gasteiger partial charge in [-0.05, 0) is 35.0 Å². The Kier molecular flexibility index (Phi) is 4.30. The summed E-state index contributed by atoms with van der Waals surface area (Å²) in [7, 11) is -1.61. The van der Waals surface area contributed by atoms with E-state index < -0.39 is 8.24 Å². The van der Waals surface area contributed by atoms with E-state index in [1.165, 1.54) is 0 Å². The van der Waals surface area contributed by atoms with Crippen molar-refractivity contribution in [3.63, 3.8) is 0 Å². The molecule has 1 aromatic heterocycles. The molecule has 1 heterocycles. The van der Waals surface area contributed by atoms with Gasteiger partial charge in [-0.3, -0.25) is 0 Å². The molecule has 1 rings (SSSR count). The Morgan fingerprint density at radius 3 is 1.69 bits per heavy atom. The summed E-state index contributed by atoms with van der Waals surface area (Å²) < 4.78 is 2.40. The maximum atomic E-state index is 6.35. The Hall–Kier alpha value is -0.213. The van der Waals surface area contributed by atoms with Gasteiger partial charge in [0, 0.05) is 0 Å². The molecular formula is C13H24ClNSi. The zero-order valence-corrected chi connectivity index (χ0v) is 13.0. The van der Waals surface area contributed by atoms with Crippen molar-refractivity contribution in [2.45, 2.75) is 58.2 Å². The second kappa shape index (κ2) is 4.97. The van der Waals surface area contributed by atoms with E-state index in [1.54, 1.807) is 0 Å². The van der Waals surface area contributed by atoms with Crippen molar-refractivity contribution in [3.05, 3.63) is 23.5 Å². The van der Waals surface area contributed by atoms with Crippen molar-refractivity contribution in [1.82, 2.24) is 4.23 Å². The Bertz CT molecular complexity index is 320. The topological polar surface area (TPSA) is 4.93 Å². The molecule has 0 atom stereocenters. The zero-order chi connectivity index (χ0) is 12.5. The number of halogens is 1. The van der Waals surface area contributed by atoms with Crippen LogP contribution in [0.15, 0.2) is 18.3 Å². The molecule has 1 nitrogen and oxygen atoms in total. The van der Waals surface area contributed by atoms with E-state index in [1.807, 2.05) is 6.07 Å². The maximum absolute atomic E-state index is 6.35. The number of aromatic nitrogens is 1. The van der Waals surface area contributed by atoms with E-state index >= 15 is 0 Å². The van der Waals surface area contributed by atoms with Crippen LogP contribution in [0.5, 0.6) is 0 Å². The van der Waals surface area contributed by atoms with Crippen LogP contribution in [0.25, 0.3) is 0 Å². The maximum Gasteiger partial charge on any atom is 0.170 e. The largest absolute Gasteiger partial charge is 0.365 e. The van der Waals surface area contributed by atoms with Gasteiger partial charge in [0.2, 0.25) is 0 Å². The van der Waals surface area contributed by atoms with E-state index in [2.05, 4.69) is 58.0 Å². The molecule has 0 fully saturated rings. The lowest BCUT2D eigenvalue weighted by molar-refractivity contribution is 0.766. The van der Waals surface area contributed by atoms with Crippen molar-refractivity contribution in [2.24, 2.45) is 0 Å². The molecule has 0 unspecified atom stereocenters. The highest BCUT2D eigenvalue weighted by Crippen LogP contribution is 2.43. The lowest BCUT2D eigenvalue weighted by Crippen LogP contribution is -2.51. The van der Waals surface area contributed by atoms with Crippen molar-refractivity contribution in [3.8, 4) is 0 Å². The highest BCUT2D eigenvalue weighted by molar-refractivity contribution is 6.82. The highest BCUT2D eigenvalue weighted by atomic mass is 35.5. The predicted molar refractivity (Wildman–Crippen MR) is 75.9 cm³/mol. The van der Waals surface area contributed by atoms with E-state index in [0.717, 1.165) is 5.15 Å². The minimum atomic E-state index is -1.61. The van der Waals surface area contributed by atoms with Crippen LogP contribution in [-0.2, 0) is 0 Å². The van der Waals surface area contributed by atoms with Crippen LogP contribution >= 0.6 is 11.6 Å². The number of hydrogen-bond acceptors (Lipinski definition) is 0. The molecule has 0 aliphatic carbocycles. The van der Waals surface area contributed by atoms with Gasteiger partial charge in [-0.25, -0.2) is 0 Å². The minimum Gasteiger partial charge on any atom is -0.365 e. The summed E-state index contributed by atoms with van der Waals surface area (Å²) in [6, 6.07) is 4.08. The quantitative estimate of drug-likeness (QED) is 0.656. The van der Waals surface area contributed by atoms with Gasteiger partial charge >= 0.3 is 0 Å². The monoisotopic (exact) mass is 257 g/mol. The van der Waals surface area contributed by atoms with Gasteiger partial charge in [0.25, 0.3) is 0 Å². The van der Waals surface area contributed by atoms with E-state index in [4.69, 9.17) is 11.6 Å². The molecule has 0 spiro atoms. The lowest BCUT2D eigenvalue weighted by atomic mass is 10.5. The third kappa shape index (κ3) is 1.97. The summed E-state index contributed by atoms with van der Waals surface area (Å²) in [5.74, 6) is 0. The molecule has 0 bridgehead atoms. The molecule has 0 aromatic carbocycles. The molecule has 0 aliphatic rings. The summed E-state index contributed by atoms with van der Waals surface area (Å²) in [4.78, 5) is 0. The van der Waals surface area contributed by atoms with Gasteiger partial charge in [-0.1, -0.05) is 53.1 Å². The summed E-state index contributed by atoms with van der Waals surface area (Å²) in [5.41, 5.74) is 2.08. The zero-order valence-electron chi connectivity index (χ0n) is 11.3. The summed E-state index contributed by atoms with van der Waals surface area (Å²) in [6.07, 6.45) is 2.18. The van der Waals surface area contributed by atoms with Crippen LogP contribution in [0.1, 0.15) is 41.5 Å². The Morgan fingerprint density at radius 2 is 1.44 bits per heavy atom. The molecule has 0 aliphatic heterocycles. The number of rotatable bonds is 4. The molecule has 0 saturated heterocycles. The lowest BCUT2D eigenvalue weighted by Gasteiger charge is -2.44. The van der Waals surface area contributed by atoms with Gasteiger partial charge in [0.05, 0.1) is 0 Å². The number of hydrogen-bond donors (Lipinski definition) is 0. The second-order valence-corrected chi connectivity index (χ2v) is 11.7. The van der Waals surface area contributed by atoms with Crippen LogP contribution in [-0.4, -0.2) is 12.5 Å². The fraction of sp³-hybridized carbons (Fsp3) is 0.692. The predicted octanol–water partition coefficient (Wildman–Crippen LogP) is 5.17. The third-order valence-electron chi connectivity index (χ3n) is 3.89. The molecule has 0 amide bonds. The SMILES string of the molecule is CC(C)[Si](C(C)C)(C(C)C)n1cccc1Cl. The first-order valence-electron chi connectivity index (χ1n) is 6.18. The van der Waals surface area contributed by atoms with E-state index in [-0.39, 0.29) is 0 Å². The standard InChI is InChI=1S/C13H24ClNSi/c1-10(2)16(11(3)4,12(5)6)15-9-7-8-13(15)14/h7-12H,1-6H3. The van der Waals surface area contributed by atoms with Crippen molar-refractivity contribution >= 4 is 19.8 Å². The van der Waals surface area contributed by atoms with Crippen molar-refractivity contribution in [1.29, 1.82) is 0 Å². The summed E-state index contributed by atoms with van der Waals surface area (Å²) in [6.45, 7) is 14.1. The molecular weight excluding hydrogens is 234 g/mol. The molecule has 1 aromatic rings. The average molecular weight is 258 g/mol. The molecule has 0 saturated carbocycles. The first kappa shape index (κ1) is 13.9. The smallest absolute Gasteiger partial charge is 0.170 e. The van der Waals surface area contributed by atoms with Crippen LogP contribution in [0.3, 0.4) is 0 Å². The first-order valence-corrected chi connectivity index (χ1v) is 8.74. The first-order chi connectivity index (χ1) is 7.35. The third-order valence-corrected chi connectivity index (χ3v) is 11.1. The minimum absolute atomic E-state index is 0.692. The fourth-order valence-corrected chi connectivity index (χ4v) is 10.5. The van der Waals surface area contributed by atoms with Crippen LogP contribution in [0.2, 0.25) is 21.8 Å². The van der Waals surface area contributed by atoms with E-state index in [9.17, 15) is 0 Å². The molecule has 16 heavy (non-hydrogen) atoms. The van der Waals surface area contributed by atoms with Crippen molar-refractivity contribution in [2.75, 3.05) is 0 Å².